The number of phenolic OH excluding ortho intramolecular Hbond substituents is 2. The zero-order valence-corrected chi connectivity index (χ0v) is 29.0. The molecule has 0 radical (unpaired) electrons. The second-order valence-corrected chi connectivity index (χ2v) is 16.5. The van der Waals surface area contributed by atoms with Crippen molar-refractivity contribution in [3.05, 3.63) is 72.8 Å². The average molecular weight is 797 g/mol. The fourth-order valence-corrected chi connectivity index (χ4v) is 7.15. The molecule has 0 atom stereocenters. The highest BCUT2D eigenvalue weighted by molar-refractivity contribution is 7.87. The van der Waals surface area contributed by atoms with E-state index in [9.17, 15) is 57.5 Å². The van der Waals surface area contributed by atoms with E-state index >= 15 is 0 Å². The van der Waals surface area contributed by atoms with Crippen LogP contribution in [0.5, 0.6) is 11.5 Å². The topological polar surface area (TPSA) is 334 Å². The smallest absolute Gasteiger partial charge is 0.296 e. The van der Waals surface area contributed by atoms with Crippen molar-refractivity contribution in [1.29, 1.82) is 0 Å². The van der Waals surface area contributed by atoms with Crippen LogP contribution < -0.4 is 11.2 Å². The first-order valence-electron chi connectivity index (χ1n) is 14.0. The molecule has 24 heteroatoms. The summed E-state index contributed by atoms with van der Waals surface area (Å²) in [6, 6.07) is 14.0. The molecule has 8 N–H and O–H groups in total. The van der Waals surface area contributed by atoms with Gasteiger partial charge in [0, 0.05) is 29.1 Å². The first kappa shape index (κ1) is 38.1. The van der Waals surface area contributed by atoms with Gasteiger partial charge in [0.15, 0.2) is 5.75 Å². The van der Waals surface area contributed by atoms with E-state index in [1.54, 1.807) is 0 Å². The van der Waals surface area contributed by atoms with Crippen LogP contribution in [0.1, 0.15) is 0 Å². The molecular weight excluding hydrogens is 773 g/mol. The number of azo groups is 2. The van der Waals surface area contributed by atoms with Crippen molar-refractivity contribution < 1.29 is 61.8 Å². The normalized spacial score (nSPS) is 13.1. The lowest BCUT2D eigenvalue weighted by molar-refractivity contribution is 0.333. The molecule has 52 heavy (non-hydrogen) atoms. The van der Waals surface area contributed by atoms with E-state index in [-0.39, 0.29) is 45.2 Å². The van der Waals surface area contributed by atoms with Crippen molar-refractivity contribution in [2.24, 2.45) is 26.4 Å². The Balaban J connectivity index is 1.45. The number of phenols is 2. The minimum Gasteiger partial charge on any atom is -0.506 e. The van der Waals surface area contributed by atoms with Gasteiger partial charge in [-0.2, -0.15) is 54.1 Å². The Morgan fingerprint density at radius 3 is 1.87 bits per heavy atom. The van der Waals surface area contributed by atoms with Crippen molar-refractivity contribution in [2.75, 3.05) is 17.6 Å². The number of nitrogens with zero attached hydrogens (tertiary/aromatic N) is 4. The number of hydrogen-bond acceptors (Lipinski definition) is 17. The first-order chi connectivity index (χ1) is 24.2. The lowest BCUT2D eigenvalue weighted by Gasteiger charge is -2.11. The Kier molecular flexibility index (Phi) is 10.3. The van der Waals surface area contributed by atoms with Crippen molar-refractivity contribution in [3.8, 4) is 11.5 Å². The van der Waals surface area contributed by atoms with Gasteiger partial charge in [-0.15, -0.1) is 10.2 Å². The van der Waals surface area contributed by atoms with Crippen LogP contribution in [0.2, 0.25) is 0 Å². The Hall–Kier alpha value is -5.18. The van der Waals surface area contributed by atoms with Crippen LogP contribution in [0.15, 0.2) is 108 Å². The van der Waals surface area contributed by atoms with Gasteiger partial charge in [0.25, 0.3) is 40.5 Å². The molecule has 0 amide bonds. The van der Waals surface area contributed by atoms with E-state index in [1.165, 1.54) is 48.5 Å². The summed E-state index contributed by atoms with van der Waals surface area (Å²) in [5.74, 6) is 2.92. The summed E-state index contributed by atoms with van der Waals surface area (Å²) in [7, 11) is -18.7. The highest BCUT2D eigenvalue weighted by Gasteiger charge is 2.23. The SMILES string of the molecule is NOS(=O)(=O)CCNc1ccc2cc(S(=O)(=O)O)c(N=Nc3ccc(N=Nc4ccc5cc(S(=O)(=O)O)cc(S(=O)(=O)O)c5c4)cc3O)c(O)c2c1. The molecule has 5 aromatic carbocycles. The van der Waals surface area contributed by atoms with Gasteiger partial charge in [0.1, 0.15) is 26.9 Å². The van der Waals surface area contributed by atoms with E-state index in [0.29, 0.717) is 11.8 Å². The lowest BCUT2D eigenvalue weighted by Crippen LogP contribution is -2.20. The number of aromatic hydroxyl groups is 2. The molecule has 0 aliphatic carbocycles. The van der Waals surface area contributed by atoms with Crippen LogP contribution in [-0.4, -0.2) is 69.8 Å². The zero-order chi connectivity index (χ0) is 38.2. The molecule has 0 heterocycles. The van der Waals surface area contributed by atoms with E-state index < -0.39 is 78.1 Å². The quantitative estimate of drug-likeness (QED) is 0.0515. The zero-order valence-electron chi connectivity index (χ0n) is 25.8. The molecule has 0 saturated heterocycles. The molecule has 5 aromatic rings. The average Bonchev–Trinajstić information content (AvgIpc) is 3.05. The number of fused-ring (bicyclic) bond motifs is 2. The standard InChI is InChI=1S/C28H24N6O14S4/c29-48-49(37,38)8-7-30-17-3-1-16-10-26(52(45,46)47)27(28(36)22(16)11-17)34-33-23-6-5-19(13-24(23)35)32-31-18-4-2-15-9-20(50(39,40)41)14-25(21(15)12-18)51(42,43)44/h1-6,9-14,30,35-36H,7-8,29H2,(H,39,40,41)(H,42,43,44)(H,45,46,47). The van der Waals surface area contributed by atoms with Gasteiger partial charge in [-0.3, -0.25) is 13.7 Å². The van der Waals surface area contributed by atoms with Gasteiger partial charge in [0.2, 0.25) is 0 Å². The van der Waals surface area contributed by atoms with Gasteiger partial charge < -0.3 is 15.5 Å². The van der Waals surface area contributed by atoms with Crippen LogP contribution in [0, 0.1) is 0 Å². The molecule has 0 unspecified atom stereocenters. The fourth-order valence-electron chi connectivity index (χ4n) is 4.70. The highest BCUT2D eigenvalue weighted by atomic mass is 32.2. The number of hydrogen-bond donors (Lipinski definition) is 7. The van der Waals surface area contributed by atoms with E-state index in [0.717, 1.165) is 18.2 Å². The summed E-state index contributed by atoms with van der Waals surface area (Å²) >= 11 is 0. The second kappa shape index (κ2) is 14.1. The maximum absolute atomic E-state index is 12.2. The number of nitrogens with one attached hydrogen (secondary N) is 1. The van der Waals surface area contributed by atoms with E-state index in [1.807, 2.05) is 0 Å². The van der Waals surface area contributed by atoms with E-state index in [4.69, 9.17) is 5.90 Å². The molecule has 0 saturated carbocycles. The van der Waals surface area contributed by atoms with Crippen LogP contribution in [-0.2, 0) is 44.8 Å². The molecule has 0 aliphatic heterocycles. The van der Waals surface area contributed by atoms with Crippen molar-refractivity contribution in [2.45, 2.75) is 14.7 Å². The third kappa shape index (κ3) is 8.64. The fraction of sp³-hybridized carbons (Fsp3) is 0.0714. The van der Waals surface area contributed by atoms with E-state index in [2.05, 4.69) is 30.1 Å². The Morgan fingerprint density at radius 2 is 1.25 bits per heavy atom. The van der Waals surface area contributed by atoms with Crippen molar-refractivity contribution in [3.63, 3.8) is 0 Å². The highest BCUT2D eigenvalue weighted by Crippen LogP contribution is 2.43. The van der Waals surface area contributed by atoms with Crippen molar-refractivity contribution in [1.82, 2.24) is 0 Å². The van der Waals surface area contributed by atoms with Gasteiger partial charge in [-0.25, -0.2) is 0 Å². The summed E-state index contributed by atoms with van der Waals surface area (Å²) in [4.78, 5) is -2.41. The summed E-state index contributed by atoms with van der Waals surface area (Å²) in [5.41, 5.74) is -0.604. The summed E-state index contributed by atoms with van der Waals surface area (Å²) in [6.07, 6.45) is 0. The van der Waals surface area contributed by atoms with Crippen LogP contribution >= 0.6 is 0 Å². The number of anilines is 1. The molecule has 0 spiro atoms. The molecule has 274 valence electrons. The first-order valence-corrected chi connectivity index (χ1v) is 19.9. The van der Waals surface area contributed by atoms with Gasteiger partial charge in [0.05, 0.1) is 22.0 Å². The maximum Gasteiger partial charge on any atom is 0.296 e. The summed E-state index contributed by atoms with van der Waals surface area (Å²) < 4.78 is 127. The third-order valence-electron chi connectivity index (χ3n) is 7.11. The third-order valence-corrected chi connectivity index (χ3v) is 10.7. The molecule has 0 fully saturated rings. The summed E-state index contributed by atoms with van der Waals surface area (Å²) in [5, 5.41) is 39.8. The predicted molar refractivity (Wildman–Crippen MR) is 183 cm³/mol. The Labute approximate surface area is 294 Å². The molecule has 0 bridgehead atoms. The molecule has 0 aromatic heterocycles. The molecule has 20 nitrogen and oxygen atoms in total. The maximum atomic E-state index is 12.2. The van der Waals surface area contributed by atoms with Crippen molar-refractivity contribution >= 4 is 90.5 Å². The summed E-state index contributed by atoms with van der Waals surface area (Å²) in [6.45, 7) is -0.145. The Morgan fingerprint density at radius 1 is 0.635 bits per heavy atom. The van der Waals surface area contributed by atoms with Gasteiger partial charge in [-0.1, -0.05) is 12.1 Å². The second-order valence-electron chi connectivity index (χ2n) is 10.6. The number of benzene rings is 5. The number of nitrogens with two attached hydrogens (primary N) is 1. The largest absolute Gasteiger partial charge is 0.506 e. The lowest BCUT2D eigenvalue weighted by atomic mass is 10.1. The predicted octanol–water partition coefficient (Wildman–Crippen LogP) is 4.61. The van der Waals surface area contributed by atoms with Gasteiger partial charge in [-0.05, 0) is 65.4 Å². The molecule has 0 aliphatic rings. The van der Waals surface area contributed by atoms with Crippen LogP contribution in [0.3, 0.4) is 0 Å². The minimum absolute atomic E-state index is 0.0197. The molecule has 5 rings (SSSR count). The Bertz CT molecular complexity index is 2780. The van der Waals surface area contributed by atoms with Crippen LogP contribution in [0.25, 0.3) is 21.5 Å². The molecular formula is C28H24N6O14S4. The van der Waals surface area contributed by atoms with Crippen LogP contribution in [0.4, 0.5) is 28.4 Å². The van der Waals surface area contributed by atoms with Gasteiger partial charge >= 0.3 is 0 Å². The minimum atomic E-state index is -4.98. The monoisotopic (exact) mass is 796 g/mol. The number of rotatable bonds is 12.